The molecule has 0 unspecified atom stereocenters. The fraction of sp³-hybridized carbons (Fsp3) is 0. The Morgan fingerprint density at radius 2 is 1.47 bits per heavy atom. The van der Waals surface area contributed by atoms with Gasteiger partial charge in [-0.1, -0.05) is 30.3 Å². The van der Waals surface area contributed by atoms with E-state index in [0.717, 1.165) is 11.1 Å². The van der Waals surface area contributed by atoms with Crippen LogP contribution in [0.1, 0.15) is 20.7 Å². The molecule has 1 aromatic heterocycles. The molecule has 0 radical (unpaired) electrons. The van der Waals surface area contributed by atoms with Crippen molar-refractivity contribution in [3.63, 3.8) is 0 Å². The molecule has 0 aliphatic rings. The Bertz CT molecular complexity index is 1480. The Balaban J connectivity index is 1.28. The molecule has 0 fully saturated rings. The molecule has 0 atom stereocenters. The molecule has 166 valence electrons. The van der Waals surface area contributed by atoms with Gasteiger partial charge in [-0.15, -0.1) is 0 Å². The first-order valence-electron chi connectivity index (χ1n) is 10.5. The molecule has 5 rings (SSSR count). The molecular formula is C27H18FN3O3. The fourth-order valence-corrected chi connectivity index (χ4v) is 3.48. The predicted molar refractivity (Wildman–Crippen MR) is 128 cm³/mol. The summed E-state index contributed by atoms with van der Waals surface area (Å²) in [5, 5.41) is 5.47. The number of nitrogens with zero attached hydrogens (tertiary/aromatic N) is 1. The second-order valence-electron chi connectivity index (χ2n) is 7.53. The second kappa shape index (κ2) is 8.99. The zero-order valence-corrected chi connectivity index (χ0v) is 17.8. The Morgan fingerprint density at radius 1 is 0.735 bits per heavy atom. The quantitative estimate of drug-likeness (QED) is 0.336. The van der Waals surface area contributed by atoms with E-state index in [4.69, 9.17) is 4.42 Å². The van der Waals surface area contributed by atoms with Crippen molar-refractivity contribution < 1.29 is 18.4 Å². The van der Waals surface area contributed by atoms with Crippen molar-refractivity contribution in [1.29, 1.82) is 0 Å². The maximum Gasteiger partial charge on any atom is 0.258 e. The Kier molecular flexibility index (Phi) is 5.58. The first kappa shape index (κ1) is 21.1. The summed E-state index contributed by atoms with van der Waals surface area (Å²) in [6, 6.07) is 26.8. The number of benzene rings is 4. The summed E-state index contributed by atoms with van der Waals surface area (Å²) < 4.78 is 19.6. The SMILES string of the molecule is O=C(Nc1cccc(-c2nc3ccccc3o2)c1)c1ccc(NC(=O)c2ccccc2F)cc1. The lowest BCUT2D eigenvalue weighted by Crippen LogP contribution is -2.14. The molecule has 0 spiro atoms. The van der Waals surface area contributed by atoms with E-state index in [-0.39, 0.29) is 11.5 Å². The number of carbonyl (C=O) groups is 2. The van der Waals surface area contributed by atoms with Crippen molar-refractivity contribution in [2.45, 2.75) is 0 Å². The van der Waals surface area contributed by atoms with Gasteiger partial charge in [-0.3, -0.25) is 9.59 Å². The van der Waals surface area contributed by atoms with Gasteiger partial charge < -0.3 is 15.1 Å². The lowest BCUT2D eigenvalue weighted by molar-refractivity contribution is 0.101. The molecule has 7 heteroatoms. The van der Waals surface area contributed by atoms with Crippen LogP contribution in [0.5, 0.6) is 0 Å². The number of hydrogen-bond acceptors (Lipinski definition) is 4. The number of rotatable bonds is 5. The van der Waals surface area contributed by atoms with Crippen LogP contribution in [0.3, 0.4) is 0 Å². The van der Waals surface area contributed by atoms with Crippen LogP contribution in [0.25, 0.3) is 22.6 Å². The van der Waals surface area contributed by atoms with Gasteiger partial charge in [-0.2, -0.15) is 0 Å². The number of nitrogens with one attached hydrogen (secondary N) is 2. The number of halogens is 1. The van der Waals surface area contributed by atoms with Crippen LogP contribution < -0.4 is 10.6 Å². The summed E-state index contributed by atoms with van der Waals surface area (Å²) in [5.41, 5.74) is 3.56. The second-order valence-corrected chi connectivity index (χ2v) is 7.53. The van der Waals surface area contributed by atoms with Crippen LogP contribution >= 0.6 is 0 Å². The smallest absolute Gasteiger partial charge is 0.258 e. The minimum absolute atomic E-state index is 0.0526. The molecule has 0 saturated carbocycles. The number of fused-ring (bicyclic) bond motifs is 1. The van der Waals surface area contributed by atoms with E-state index in [1.165, 1.54) is 18.2 Å². The van der Waals surface area contributed by atoms with Crippen molar-refractivity contribution >= 4 is 34.3 Å². The van der Waals surface area contributed by atoms with Gasteiger partial charge in [0.05, 0.1) is 5.56 Å². The van der Waals surface area contributed by atoms with E-state index in [1.807, 2.05) is 30.3 Å². The average Bonchev–Trinajstić information content (AvgIpc) is 3.29. The highest BCUT2D eigenvalue weighted by molar-refractivity contribution is 6.06. The molecule has 5 aromatic rings. The first-order chi connectivity index (χ1) is 16.6. The standard InChI is InChI=1S/C27H18FN3O3/c28-22-9-2-1-8-21(22)26(33)29-19-14-12-17(13-15-19)25(32)30-20-7-5-6-18(16-20)27-31-23-10-3-4-11-24(23)34-27/h1-16H,(H,29,33)(H,30,32). The van der Waals surface area contributed by atoms with E-state index in [2.05, 4.69) is 15.6 Å². The van der Waals surface area contributed by atoms with E-state index in [1.54, 1.807) is 48.5 Å². The maximum absolute atomic E-state index is 13.8. The molecule has 0 saturated heterocycles. The van der Waals surface area contributed by atoms with Crippen LogP contribution in [0.4, 0.5) is 15.8 Å². The Hall–Kier alpha value is -4.78. The summed E-state index contributed by atoms with van der Waals surface area (Å²) in [5.74, 6) is -1.02. The van der Waals surface area contributed by atoms with Crippen molar-refractivity contribution in [3.05, 3.63) is 114 Å². The molecule has 34 heavy (non-hydrogen) atoms. The summed E-state index contributed by atoms with van der Waals surface area (Å²) in [7, 11) is 0. The number of anilines is 2. The molecule has 6 nitrogen and oxygen atoms in total. The third kappa shape index (κ3) is 4.40. The Morgan fingerprint density at radius 3 is 2.26 bits per heavy atom. The van der Waals surface area contributed by atoms with Crippen LogP contribution in [0.2, 0.25) is 0 Å². The van der Waals surface area contributed by atoms with Gasteiger partial charge in [0.2, 0.25) is 5.89 Å². The number of hydrogen-bond donors (Lipinski definition) is 2. The van der Waals surface area contributed by atoms with Crippen molar-refractivity contribution in [2.24, 2.45) is 0 Å². The molecule has 0 aliphatic heterocycles. The average molecular weight is 451 g/mol. The number of oxazole rings is 1. The van der Waals surface area contributed by atoms with E-state index in [0.29, 0.717) is 28.4 Å². The lowest BCUT2D eigenvalue weighted by atomic mass is 10.1. The van der Waals surface area contributed by atoms with Gasteiger partial charge in [-0.25, -0.2) is 9.37 Å². The fourth-order valence-electron chi connectivity index (χ4n) is 3.48. The molecule has 2 N–H and O–H groups in total. The van der Waals surface area contributed by atoms with E-state index in [9.17, 15) is 14.0 Å². The molecule has 2 amide bonds. The molecular weight excluding hydrogens is 433 g/mol. The van der Waals surface area contributed by atoms with Gasteiger partial charge in [0.15, 0.2) is 5.58 Å². The Labute approximate surface area is 194 Å². The molecule has 0 bridgehead atoms. The minimum Gasteiger partial charge on any atom is -0.436 e. The van der Waals surface area contributed by atoms with Crippen molar-refractivity contribution in [3.8, 4) is 11.5 Å². The molecule has 4 aromatic carbocycles. The third-order valence-electron chi connectivity index (χ3n) is 5.18. The largest absolute Gasteiger partial charge is 0.436 e. The topological polar surface area (TPSA) is 84.2 Å². The van der Waals surface area contributed by atoms with E-state index >= 15 is 0 Å². The zero-order valence-electron chi connectivity index (χ0n) is 17.8. The van der Waals surface area contributed by atoms with Crippen LogP contribution in [-0.2, 0) is 0 Å². The van der Waals surface area contributed by atoms with Gasteiger partial charge in [0.25, 0.3) is 11.8 Å². The number of aromatic nitrogens is 1. The van der Waals surface area contributed by atoms with Gasteiger partial charge in [0.1, 0.15) is 11.3 Å². The highest BCUT2D eigenvalue weighted by Gasteiger charge is 2.13. The van der Waals surface area contributed by atoms with Gasteiger partial charge >= 0.3 is 0 Å². The summed E-state index contributed by atoms with van der Waals surface area (Å²) in [4.78, 5) is 29.5. The first-order valence-corrected chi connectivity index (χ1v) is 10.5. The highest BCUT2D eigenvalue weighted by Crippen LogP contribution is 2.26. The molecule has 1 heterocycles. The summed E-state index contributed by atoms with van der Waals surface area (Å²) in [6.45, 7) is 0. The lowest BCUT2D eigenvalue weighted by Gasteiger charge is -2.09. The van der Waals surface area contributed by atoms with Crippen LogP contribution in [0, 0.1) is 5.82 Å². The number of amides is 2. The monoisotopic (exact) mass is 451 g/mol. The van der Waals surface area contributed by atoms with Gasteiger partial charge in [-0.05, 0) is 66.7 Å². The van der Waals surface area contributed by atoms with E-state index < -0.39 is 11.7 Å². The predicted octanol–water partition coefficient (Wildman–Crippen LogP) is 6.14. The highest BCUT2D eigenvalue weighted by atomic mass is 19.1. The maximum atomic E-state index is 13.8. The minimum atomic E-state index is -0.601. The van der Waals surface area contributed by atoms with Gasteiger partial charge in [0, 0.05) is 22.5 Å². The normalized spacial score (nSPS) is 10.7. The van der Waals surface area contributed by atoms with Crippen molar-refractivity contribution in [2.75, 3.05) is 10.6 Å². The van der Waals surface area contributed by atoms with Crippen LogP contribution in [-0.4, -0.2) is 16.8 Å². The third-order valence-corrected chi connectivity index (χ3v) is 5.18. The summed E-state index contributed by atoms with van der Waals surface area (Å²) >= 11 is 0. The number of carbonyl (C=O) groups excluding carboxylic acids is 2. The van der Waals surface area contributed by atoms with Crippen molar-refractivity contribution in [1.82, 2.24) is 4.98 Å². The summed E-state index contributed by atoms with van der Waals surface area (Å²) in [6.07, 6.45) is 0. The van der Waals surface area contributed by atoms with Crippen LogP contribution in [0.15, 0.2) is 101 Å². The number of para-hydroxylation sites is 2. The zero-order chi connectivity index (χ0) is 23.5. The molecule has 0 aliphatic carbocycles.